The summed E-state index contributed by atoms with van der Waals surface area (Å²) in [6.45, 7) is 5.42. The van der Waals surface area contributed by atoms with Crippen LogP contribution in [0.3, 0.4) is 0 Å². The molecule has 0 radical (unpaired) electrons. The van der Waals surface area contributed by atoms with Crippen molar-refractivity contribution in [3.8, 4) is 0 Å². The summed E-state index contributed by atoms with van der Waals surface area (Å²) in [4.78, 5) is 0. The summed E-state index contributed by atoms with van der Waals surface area (Å²) in [7, 11) is -5.96. The number of rotatable bonds is 5. The van der Waals surface area contributed by atoms with E-state index in [9.17, 15) is 21.6 Å². The predicted octanol–water partition coefficient (Wildman–Crippen LogP) is 7.99. The molecule has 174 valence electrons. The van der Waals surface area contributed by atoms with Crippen LogP contribution in [0, 0.1) is 31.5 Å². The maximum absolute atomic E-state index is 13.7. The molecule has 0 aliphatic rings. The molecule has 0 unspecified atom stereocenters. The zero-order chi connectivity index (χ0) is 24.0. The Labute approximate surface area is 205 Å². The third-order valence-electron chi connectivity index (χ3n) is 4.85. The Morgan fingerprint density at radius 1 is 0.875 bits per heavy atom. The molecule has 3 aromatic rings. The van der Waals surface area contributed by atoms with Crippen molar-refractivity contribution in [1.82, 2.24) is 0 Å². The van der Waals surface area contributed by atoms with Gasteiger partial charge in [-0.1, -0.05) is 0 Å². The van der Waals surface area contributed by atoms with Gasteiger partial charge >= 0.3 is 207 Å². The SMILES string of the molecule is Cc1cc(C)c(I(I)(OS(=O)(=O)C(F)(F)F)(c2ccccc2)c2ccccc2)c(C)c1Br. The van der Waals surface area contributed by atoms with Crippen LogP contribution < -0.4 is 0 Å². The van der Waals surface area contributed by atoms with Crippen LogP contribution in [0.25, 0.3) is 0 Å². The van der Waals surface area contributed by atoms with E-state index < -0.39 is 29.1 Å². The minimum absolute atomic E-state index is 0.416. The minimum atomic E-state index is -5.96. The Bertz CT molecular complexity index is 1230. The van der Waals surface area contributed by atoms with Crippen molar-refractivity contribution >= 4 is 58.2 Å². The van der Waals surface area contributed by atoms with Crippen molar-refractivity contribution in [3.63, 3.8) is 0 Å². The molecule has 0 fully saturated rings. The van der Waals surface area contributed by atoms with Gasteiger partial charge in [-0.2, -0.15) is 0 Å². The summed E-state index contributed by atoms with van der Waals surface area (Å²) in [5, 5.41) is 0. The van der Waals surface area contributed by atoms with E-state index in [4.69, 9.17) is 2.51 Å². The number of hydrogen-bond acceptors (Lipinski definition) is 3. The van der Waals surface area contributed by atoms with Gasteiger partial charge < -0.3 is 0 Å². The van der Waals surface area contributed by atoms with Crippen LogP contribution in [0.2, 0.25) is 0 Å². The molecule has 3 nitrogen and oxygen atoms in total. The number of hydrogen-bond donors (Lipinski definition) is 0. The van der Waals surface area contributed by atoms with E-state index in [1.54, 1.807) is 74.5 Å². The maximum atomic E-state index is 13.7. The average molecular weight is 755 g/mol. The molecule has 0 aliphatic heterocycles. The summed E-state index contributed by atoms with van der Waals surface area (Å²) in [5.41, 5.74) is -3.37. The van der Waals surface area contributed by atoms with Gasteiger partial charge in [-0.3, -0.25) is 0 Å². The van der Waals surface area contributed by atoms with E-state index in [-0.39, 0.29) is 0 Å². The van der Waals surface area contributed by atoms with Gasteiger partial charge in [0, 0.05) is 0 Å². The zero-order valence-corrected chi connectivity index (χ0v) is 24.0. The van der Waals surface area contributed by atoms with Crippen molar-refractivity contribution in [2.75, 3.05) is 0 Å². The molecule has 0 aromatic heterocycles. The first-order chi connectivity index (χ1) is 14.7. The first-order valence-corrected chi connectivity index (χ1v) is 21.8. The first kappa shape index (κ1) is 25.9. The molecule has 0 amide bonds. The Morgan fingerprint density at radius 2 is 1.31 bits per heavy atom. The molecule has 0 atom stereocenters. The van der Waals surface area contributed by atoms with E-state index in [0.29, 0.717) is 26.3 Å². The molecule has 10 heteroatoms. The van der Waals surface area contributed by atoms with Gasteiger partial charge in [0.15, 0.2) is 0 Å². The summed E-state index contributed by atoms with van der Waals surface area (Å²) in [6, 6.07) is 18.6. The summed E-state index contributed by atoms with van der Waals surface area (Å²) in [5.74, 6) is 0. The van der Waals surface area contributed by atoms with Crippen molar-refractivity contribution in [2.45, 2.75) is 26.3 Å². The van der Waals surface area contributed by atoms with Crippen LogP contribution >= 0.6 is 48.0 Å². The molecule has 0 saturated heterocycles. The van der Waals surface area contributed by atoms with E-state index in [2.05, 4.69) is 15.9 Å². The first-order valence-electron chi connectivity index (χ1n) is 9.22. The second-order valence-corrected chi connectivity index (χ2v) is 29.0. The van der Waals surface area contributed by atoms with Gasteiger partial charge in [-0.25, -0.2) is 0 Å². The molecular formula is C22H20BrF3I2O3S. The third-order valence-corrected chi connectivity index (χ3v) is 31.7. The molecule has 32 heavy (non-hydrogen) atoms. The number of benzene rings is 3. The predicted molar refractivity (Wildman–Crippen MR) is 141 cm³/mol. The fourth-order valence-electron chi connectivity index (χ4n) is 3.58. The van der Waals surface area contributed by atoms with Gasteiger partial charge in [0.2, 0.25) is 0 Å². The zero-order valence-electron chi connectivity index (χ0n) is 17.3. The molecule has 3 rings (SSSR count). The summed E-state index contributed by atoms with van der Waals surface area (Å²) < 4.78 is 74.1. The van der Waals surface area contributed by atoms with Crippen LogP contribution in [0.4, 0.5) is 13.2 Å². The van der Waals surface area contributed by atoms with Gasteiger partial charge in [-0.05, 0) is 0 Å². The van der Waals surface area contributed by atoms with E-state index in [0.717, 1.165) is 5.56 Å². The van der Waals surface area contributed by atoms with E-state index in [1.165, 1.54) is 0 Å². The number of aryl methyl sites for hydroxylation is 2. The fraction of sp³-hybridized carbons (Fsp3) is 0.182. The fourth-order valence-corrected chi connectivity index (χ4v) is 30.1. The van der Waals surface area contributed by atoms with Crippen LogP contribution in [0.1, 0.15) is 16.7 Å². The molecule has 0 bridgehead atoms. The molecule has 0 heterocycles. The molecule has 0 spiro atoms. The van der Waals surface area contributed by atoms with Gasteiger partial charge in [-0.15, -0.1) is 0 Å². The van der Waals surface area contributed by atoms with Gasteiger partial charge in [0.25, 0.3) is 0 Å². The monoisotopic (exact) mass is 754 g/mol. The summed E-state index contributed by atoms with van der Waals surface area (Å²) >= 11 is -0.137. The van der Waals surface area contributed by atoms with Gasteiger partial charge in [0.05, 0.1) is 0 Å². The Hall–Kier alpha value is -0.700. The second kappa shape index (κ2) is 8.82. The molecule has 0 N–H and O–H groups in total. The Morgan fingerprint density at radius 3 is 1.72 bits per heavy atom. The van der Waals surface area contributed by atoms with Crippen molar-refractivity contribution in [3.05, 3.63) is 98.6 Å². The van der Waals surface area contributed by atoms with E-state index in [1.807, 2.05) is 31.6 Å². The normalized spacial score (nSPS) is 14.1. The van der Waals surface area contributed by atoms with Gasteiger partial charge in [0.1, 0.15) is 0 Å². The van der Waals surface area contributed by atoms with Crippen LogP contribution in [0.15, 0.2) is 71.2 Å². The topological polar surface area (TPSA) is 43.4 Å². The Kier molecular flexibility index (Phi) is 7.14. The van der Waals surface area contributed by atoms with Crippen LogP contribution in [-0.4, -0.2) is 13.9 Å². The average Bonchev–Trinajstić information content (AvgIpc) is 2.72. The van der Waals surface area contributed by atoms with Crippen molar-refractivity contribution in [1.29, 1.82) is 0 Å². The molecule has 3 aromatic carbocycles. The standard InChI is InChI=1S/C22H20BrF3I2O3S/c1-15-14-16(2)21(17(3)20(15)23)28(27,18-10-6-4-7-11-18,19-12-8-5-9-13-19)31-32(29,30)22(24,25)26/h4-14H,1-3H3. The second-order valence-electron chi connectivity index (χ2n) is 7.10. The number of alkyl halides is 3. The van der Waals surface area contributed by atoms with Crippen molar-refractivity contribution < 1.29 is 24.1 Å². The molecule has 0 aliphatic carbocycles. The Balaban J connectivity index is 2.65. The van der Waals surface area contributed by atoms with E-state index >= 15 is 0 Å². The number of halogens is 6. The molecular weight excluding hydrogens is 735 g/mol. The summed E-state index contributed by atoms with van der Waals surface area (Å²) in [6.07, 6.45) is 0. The molecule has 0 saturated carbocycles. The van der Waals surface area contributed by atoms with Crippen molar-refractivity contribution in [2.24, 2.45) is 0 Å². The third kappa shape index (κ3) is 4.14. The van der Waals surface area contributed by atoms with Crippen LogP contribution in [0.5, 0.6) is 0 Å². The quantitative estimate of drug-likeness (QED) is 0.196. The van der Waals surface area contributed by atoms with Crippen LogP contribution in [-0.2, 0) is 12.6 Å².